The highest BCUT2D eigenvalue weighted by Crippen LogP contribution is 2.23. The molecule has 0 aliphatic rings. The molecular weight excluding hydrogens is 370 g/mol. The number of aryl methyl sites for hydroxylation is 2. The van der Waals surface area contributed by atoms with Gasteiger partial charge in [-0.15, -0.1) is 0 Å². The van der Waals surface area contributed by atoms with Crippen molar-refractivity contribution in [2.24, 2.45) is 0 Å². The summed E-state index contributed by atoms with van der Waals surface area (Å²) in [6.07, 6.45) is 1.25. The van der Waals surface area contributed by atoms with Gasteiger partial charge in [-0.1, -0.05) is 25.5 Å². The fraction of sp³-hybridized carbons (Fsp3) is 0.474. The fourth-order valence-electron chi connectivity index (χ4n) is 2.63. The number of carbonyl (C=O) groups excluding carboxylic acids is 1. The summed E-state index contributed by atoms with van der Waals surface area (Å²) in [6, 6.07) is 3.97. The van der Waals surface area contributed by atoms with Crippen molar-refractivity contribution >= 4 is 27.0 Å². The third kappa shape index (κ3) is 5.40. The van der Waals surface area contributed by atoms with Crippen molar-refractivity contribution in [2.45, 2.75) is 53.2 Å². The molecule has 0 spiro atoms. The van der Waals surface area contributed by atoms with Crippen LogP contribution in [0.3, 0.4) is 0 Å². The largest absolute Gasteiger partial charge is 0.460 e. The molecule has 1 heterocycles. The summed E-state index contributed by atoms with van der Waals surface area (Å²) in [5.74, 6) is -0.746. The van der Waals surface area contributed by atoms with Crippen LogP contribution in [0.15, 0.2) is 27.4 Å². The van der Waals surface area contributed by atoms with Crippen LogP contribution in [0.1, 0.15) is 43.4 Å². The van der Waals surface area contributed by atoms with Gasteiger partial charge in [-0.3, -0.25) is 4.79 Å². The van der Waals surface area contributed by atoms with Gasteiger partial charge in [0.2, 0.25) is 10.0 Å². The van der Waals surface area contributed by atoms with Gasteiger partial charge in [0.1, 0.15) is 18.2 Å². The number of unbranched alkanes of at least 4 members (excludes halogenated alkanes) is 1. The van der Waals surface area contributed by atoms with E-state index in [4.69, 9.17) is 9.15 Å². The third-order valence-corrected chi connectivity index (χ3v) is 5.90. The number of ether oxygens (including phenoxy) is 1. The second-order valence-corrected chi connectivity index (χ2v) is 8.47. The molecule has 8 heteroatoms. The van der Waals surface area contributed by atoms with Crippen LogP contribution in [0.4, 0.5) is 0 Å². The number of rotatable bonds is 8. The minimum absolute atomic E-state index is 0.0376. The van der Waals surface area contributed by atoms with Crippen LogP contribution < -0.4 is 10.3 Å². The normalized spacial score (nSPS) is 12.9. The standard InChI is InChI=1S/C19H25NO6S/c1-5-6-9-27(23,24)20-14(4)19(22)25-11-15-10-17(21)26-18-13(3)12(2)7-8-16(15)18/h7-8,10,14,20H,5-6,9,11H2,1-4H3/t14-/m0/s1. The van der Waals surface area contributed by atoms with Gasteiger partial charge in [-0.05, 0) is 38.3 Å². The molecule has 1 atom stereocenters. The Morgan fingerprint density at radius 1 is 1.30 bits per heavy atom. The number of hydrogen-bond donors (Lipinski definition) is 1. The van der Waals surface area contributed by atoms with Crippen LogP contribution in [0.5, 0.6) is 0 Å². The highest BCUT2D eigenvalue weighted by molar-refractivity contribution is 7.89. The number of hydrogen-bond acceptors (Lipinski definition) is 6. The lowest BCUT2D eigenvalue weighted by Crippen LogP contribution is -2.40. The number of fused-ring (bicyclic) bond motifs is 1. The maximum atomic E-state index is 12.2. The Morgan fingerprint density at radius 3 is 2.67 bits per heavy atom. The molecule has 0 aliphatic heterocycles. The van der Waals surface area contributed by atoms with Crippen molar-refractivity contribution in [3.05, 3.63) is 45.3 Å². The first-order chi connectivity index (χ1) is 12.6. The average molecular weight is 395 g/mol. The number of sulfonamides is 1. The molecule has 0 radical (unpaired) electrons. The summed E-state index contributed by atoms with van der Waals surface area (Å²) in [4.78, 5) is 24.0. The van der Waals surface area contributed by atoms with E-state index in [2.05, 4.69) is 4.72 Å². The molecule has 0 fully saturated rings. The summed E-state index contributed by atoms with van der Waals surface area (Å²) in [5, 5.41) is 0.682. The minimum Gasteiger partial charge on any atom is -0.460 e. The molecule has 7 nitrogen and oxygen atoms in total. The van der Waals surface area contributed by atoms with Gasteiger partial charge < -0.3 is 9.15 Å². The SMILES string of the molecule is CCCCS(=O)(=O)N[C@@H](C)C(=O)OCc1cc(=O)oc2c(C)c(C)ccc12. The fourth-order valence-corrected chi connectivity index (χ4v) is 4.05. The summed E-state index contributed by atoms with van der Waals surface area (Å²) in [7, 11) is -3.54. The lowest BCUT2D eigenvalue weighted by molar-refractivity contribution is -0.146. The molecule has 2 aromatic rings. The van der Waals surface area contributed by atoms with Gasteiger partial charge in [-0.2, -0.15) is 0 Å². The molecular formula is C19H25NO6S. The Labute approximate surface area is 158 Å². The average Bonchev–Trinajstić information content (AvgIpc) is 2.60. The number of esters is 1. The molecule has 0 amide bonds. The molecule has 0 saturated heterocycles. The Balaban J connectivity index is 2.13. The van der Waals surface area contributed by atoms with Gasteiger partial charge in [0.25, 0.3) is 0 Å². The van der Waals surface area contributed by atoms with Crippen LogP contribution in [-0.2, 0) is 26.2 Å². The van der Waals surface area contributed by atoms with Gasteiger partial charge in [0.05, 0.1) is 5.75 Å². The molecule has 148 valence electrons. The van der Waals surface area contributed by atoms with Crippen LogP contribution in [0.25, 0.3) is 11.0 Å². The van der Waals surface area contributed by atoms with E-state index < -0.39 is 27.7 Å². The van der Waals surface area contributed by atoms with E-state index in [1.54, 1.807) is 6.07 Å². The van der Waals surface area contributed by atoms with Crippen molar-refractivity contribution in [1.29, 1.82) is 0 Å². The monoisotopic (exact) mass is 395 g/mol. The third-order valence-electron chi connectivity index (χ3n) is 4.36. The van der Waals surface area contributed by atoms with Gasteiger partial charge in [0.15, 0.2) is 0 Å². The summed E-state index contributed by atoms with van der Waals surface area (Å²) in [6.45, 7) is 6.93. The zero-order valence-electron chi connectivity index (χ0n) is 16.0. The summed E-state index contributed by atoms with van der Waals surface area (Å²) < 4.78 is 36.6. The molecule has 0 aliphatic carbocycles. The summed E-state index contributed by atoms with van der Waals surface area (Å²) >= 11 is 0. The lowest BCUT2D eigenvalue weighted by atomic mass is 10.0. The Morgan fingerprint density at radius 2 is 2.00 bits per heavy atom. The predicted octanol–water partition coefficient (Wildman–Crippen LogP) is 2.56. The zero-order valence-corrected chi connectivity index (χ0v) is 16.8. The van der Waals surface area contributed by atoms with E-state index in [0.29, 0.717) is 23.0 Å². The van der Waals surface area contributed by atoms with Crippen LogP contribution in [0, 0.1) is 13.8 Å². The number of benzene rings is 1. The van der Waals surface area contributed by atoms with E-state index in [-0.39, 0.29) is 12.4 Å². The van der Waals surface area contributed by atoms with Crippen molar-refractivity contribution in [1.82, 2.24) is 4.72 Å². The Hall–Kier alpha value is -2.19. The predicted molar refractivity (Wildman–Crippen MR) is 103 cm³/mol. The number of carbonyl (C=O) groups is 1. The van der Waals surface area contributed by atoms with E-state index in [0.717, 1.165) is 17.5 Å². The van der Waals surface area contributed by atoms with Crippen LogP contribution in [0.2, 0.25) is 0 Å². The maximum Gasteiger partial charge on any atom is 0.336 e. The minimum atomic E-state index is -3.54. The molecule has 2 rings (SSSR count). The van der Waals surface area contributed by atoms with Gasteiger partial charge in [0, 0.05) is 17.0 Å². The van der Waals surface area contributed by atoms with Gasteiger partial charge in [-0.25, -0.2) is 17.9 Å². The van der Waals surface area contributed by atoms with E-state index in [9.17, 15) is 18.0 Å². The first-order valence-electron chi connectivity index (χ1n) is 8.84. The molecule has 0 unspecified atom stereocenters. The molecule has 0 bridgehead atoms. The quantitative estimate of drug-likeness (QED) is 0.544. The Bertz CT molecular complexity index is 993. The van der Waals surface area contributed by atoms with Gasteiger partial charge >= 0.3 is 11.6 Å². The maximum absolute atomic E-state index is 12.2. The van der Waals surface area contributed by atoms with E-state index in [1.165, 1.54) is 13.0 Å². The first-order valence-corrected chi connectivity index (χ1v) is 10.5. The highest BCUT2D eigenvalue weighted by atomic mass is 32.2. The van der Waals surface area contributed by atoms with Crippen LogP contribution >= 0.6 is 0 Å². The van der Waals surface area contributed by atoms with Crippen LogP contribution in [-0.4, -0.2) is 26.2 Å². The second-order valence-electron chi connectivity index (χ2n) is 6.59. The molecule has 1 aromatic carbocycles. The van der Waals surface area contributed by atoms with E-state index in [1.807, 2.05) is 26.8 Å². The highest BCUT2D eigenvalue weighted by Gasteiger charge is 2.21. The van der Waals surface area contributed by atoms with Crippen molar-refractivity contribution in [3.63, 3.8) is 0 Å². The number of nitrogens with one attached hydrogen (secondary N) is 1. The second kappa shape index (κ2) is 8.67. The molecule has 1 aromatic heterocycles. The smallest absolute Gasteiger partial charge is 0.336 e. The summed E-state index contributed by atoms with van der Waals surface area (Å²) in [5.41, 5.74) is 2.26. The molecule has 1 N–H and O–H groups in total. The molecule has 0 saturated carbocycles. The topological polar surface area (TPSA) is 103 Å². The zero-order chi connectivity index (χ0) is 20.2. The van der Waals surface area contributed by atoms with Crippen molar-refractivity contribution in [2.75, 3.05) is 5.75 Å². The van der Waals surface area contributed by atoms with Crippen molar-refractivity contribution in [3.8, 4) is 0 Å². The molecule has 27 heavy (non-hydrogen) atoms. The lowest BCUT2D eigenvalue weighted by Gasteiger charge is -2.14. The van der Waals surface area contributed by atoms with E-state index >= 15 is 0 Å². The van der Waals surface area contributed by atoms with Crippen molar-refractivity contribution < 1.29 is 22.4 Å². The Kier molecular flexibility index (Phi) is 6.78. The first kappa shape index (κ1) is 21.1.